The minimum atomic E-state index is -0.104. The molecule has 0 aliphatic rings. The number of carbonyl (C=O) groups is 1. The molecular formula is C9H14ClN3O. The van der Waals surface area contributed by atoms with E-state index in [1.165, 1.54) is 6.20 Å². The fourth-order valence-electron chi connectivity index (χ4n) is 0.996. The monoisotopic (exact) mass is 215 g/mol. The number of aromatic nitrogens is 2. The van der Waals surface area contributed by atoms with Gasteiger partial charge in [-0.05, 0) is 12.8 Å². The van der Waals surface area contributed by atoms with E-state index < -0.39 is 0 Å². The molecule has 1 aromatic heterocycles. The molecule has 0 aliphatic carbocycles. The quantitative estimate of drug-likeness (QED) is 0.745. The highest BCUT2D eigenvalue weighted by molar-refractivity contribution is 6.18. The van der Waals surface area contributed by atoms with Crippen LogP contribution in [0.15, 0.2) is 6.20 Å². The molecule has 1 amide bonds. The summed E-state index contributed by atoms with van der Waals surface area (Å²) in [5, 5.41) is 9.29. The lowest BCUT2D eigenvalue weighted by atomic mass is 10.2. The zero-order valence-corrected chi connectivity index (χ0v) is 9.06. The molecule has 1 unspecified atom stereocenters. The van der Waals surface area contributed by atoms with Crippen LogP contribution in [0.5, 0.6) is 0 Å². The number of aromatic amines is 1. The molecule has 0 aliphatic heterocycles. The van der Waals surface area contributed by atoms with Crippen molar-refractivity contribution in [3.63, 3.8) is 0 Å². The molecule has 0 fully saturated rings. The average molecular weight is 216 g/mol. The van der Waals surface area contributed by atoms with Gasteiger partial charge < -0.3 is 5.32 Å². The average Bonchev–Trinajstić information content (AvgIpc) is 2.60. The first-order chi connectivity index (χ1) is 6.65. The van der Waals surface area contributed by atoms with Crippen molar-refractivity contribution in [1.29, 1.82) is 0 Å². The maximum absolute atomic E-state index is 11.5. The van der Waals surface area contributed by atoms with Crippen molar-refractivity contribution in [2.45, 2.75) is 13.8 Å². The summed E-state index contributed by atoms with van der Waals surface area (Å²) in [5.74, 6) is 0.728. The minimum absolute atomic E-state index is 0.104. The van der Waals surface area contributed by atoms with Gasteiger partial charge in [0.25, 0.3) is 5.91 Å². The van der Waals surface area contributed by atoms with E-state index in [9.17, 15) is 4.79 Å². The predicted octanol–water partition coefficient (Wildman–Crippen LogP) is 1.32. The molecule has 2 N–H and O–H groups in total. The Balaban J connectivity index is 2.47. The van der Waals surface area contributed by atoms with Crippen molar-refractivity contribution >= 4 is 17.5 Å². The number of aryl methyl sites for hydroxylation is 1. The van der Waals surface area contributed by atoms with Crippen molar-refractivity contribution in [3.05, 3.63) is 17.5 Å². The first-order valence-corrected chi connectivity index (χ1v) is 5.02. The van der Waals surface area contributed by atoms with Crippen molar-refractivity contribution in [2.75, 3.05) is 12.4 Å². The van der Waals surface area contributed by atoms with Gasteiger partial charge in [0.05, 0.1) is 11.8 Å². The first-order valence-electron chi connectivity index (χ1n) is 4.49. The van der Waals surface area contributed by atoms with E-state index in [0.717, 1.165) is 5.69 Å². The molecule has 0 spiro atoms. The van der Waals surface area contributed by atoms with Gasteiger partial charge in [-0.3, -0.25) is 9.89 Å². The largest absolute Gasteiger partial charge is 0.352 e. The summed E-state index contributed by atoms with van der Waals surface area (Å²) in [6.07, 6.45) is 1.52. The number of H-pyrrole nitrogens is 1. The molecule has 0 saturated carbocycles. The third-order valence-electron chi connectivity index (χ3n) is 1.95. The molecule has 0 bridgehead atoms. The first kappa shape index (κ1) is 11.0. The van der Waals surface area contributed by atoms with Gasteiger partial charge in [-0.2, -0.15) is 5.10 Å². The highest BCUT2D eigenvalue weighted by Crippen LogP contribution is 2.02. The van der Waals surface area contributed by atoms with Crippen LogP contribution in [-0.2, 0) is 0 Å². The van der Waals surface area contributed by atoms with Gasteiger partial charge in [0.2, 0.25) is 0 Å². The van der Waals surface area contributed by atoms with Gasteiger partial charge in [-0.25, -0.2) is 0 Å². The molecule has 5 heteroatoms. The molecule has 78 valence electrons. The van der Waals surface area contributed by atoms with Gasteiger partial charge in [0, 0.05) is 18.1 Å². The Kier molecular flexibility index (Phi) is 3.95. The van der Waals surface area contributed by atoms with E-state index >= 15 is 0 Å². The van der Waals surface area contributed by atoms with Crippen LogP contribution in [-0.4, -0.2) is 28.5 Å². The van der Waals surface area contributed by atoms with Crippen LogP contribution in [0.2, 0.25) is 0 Å². The molecule has 4 nitrogen and oxygen atoms in total. The number of rotatable bonds is 4. The topological polar surface area (TPSA) is 57.8 Å². The summed E-state index contributed by atoms with van der Waals surface area (Å²) in [7, 11) is 0. The minimum Gasteiger partial charge on any atom is -0.352 e. The number of carbonyl (C=O) groups excluding carboxylic acids is 1. The molecule has 14 heavy (non-hydrogen) atoms. The Bertz CT molecular complexity index is 311. The third-order valence-corrected chi connectivity index (χ3v) is 2.48. The zero-order valence-electron chi connectivity index (χ0n) is 8.30. The molecule has 1 aromatic rings. The van der Waals surface area contributed by atoms with E-state index in [1.807, 2.05) is 13.8 Å². The number of nitrogens with zero attached hydrogens (tertiary/aromatic N) is 1. The maximum Gasteiger partial charge on any atom is 0.254 e. The zero-order chi connectivity index (χ0) is 10.6. The van der Waals surface area contributed by atoms with Gasteiger partial charge >= 0.3 is 0 Å². The number of amides is 1. The van der Waals surface area contributed by atoms with Gasteiger partial charge in [-0.15, -0.1) is 11.6 Å². The Labute approximate surface area is 88.0 Å². The van der Waals surface area contributed by atoms with Crippen LogP contribution >= 0.6 is 11.6 Å². The van der Waals surface area contributed by atoms with Crippen molar-refractivity contribution in [1.82, 2.24) is 15.5 Å². The van der Waals surface area contributed by atoms with Crippen molar-refractivity contribution in [3.8, 4) is 0 Å². The third kappa shape index (κ3) is 2.73. The summed E-state index contributed by atoms with van der Waals surface area (Å²) in [5.41, 5.74) is 1.37. The maximum atomic E-state index is 11.5. The van der Waals surface area contributed by atoms with Crippen molar-refractivity contribution in [2.24, 2.45) is 5.92 Å². The summed E-state index contributed by atoms with van der Waals surface area (Å²) >= 11 is 5.62. The predicted molar refractivity (Wildman–Crippen MR) is 55.5 cm³/mol. The van der Waals surface area contributed by atoms with Crippen LogP contribution in [0.4, 0.5) is 0 Å². The number of hydrogen-bond acceptors (Lipinski definition) is 2. The molecule has 1 heterocycles. The number of hydrogen-bond donors (Lipinski definition) is 2. The SMILES string of the molecule is Cc1[nH]ncc1C(=O)NCC(C)CCl. The summed E-state index contributed by atoms with van der Waals surface area (Å²) < 4.78 is 0. The van der Waals surface area contributed by atoms with Crippen LogP contribution < -0.4 is 5.32 Å². The second-order valence-electron chi connectivity index (χ2n) is 3.38. The molecule has 1 atom stereocenters. The summed E-state index contributed by atoms with van der Waals surface area (Å²) in [4.78, 5) is 11.5. The standard InChI is InChI=1S/C9H14ClN3O/c1-6(3-10)4-11-9(14)8-5-12-13-7(8)2/h5-6H,3-4H2,1-2H3,(H,11,14)(H,12,13). The van der Waals surface area contributed by atoms with Gasteiger partial charge in [0.15, 0.2) is 0 Å². The molecule has 0 radical (unpaired) electrons. The Morgan fingerprint density at radius 3 is 3.00 bits per heavy atom. The molecule has 0 aromatic carbocycles. The van der Waals surface area contributed by atoms with Crippen LogP contribution in [0.3, 0.4) is 0 Å². The molecule has 0 saturated heterocycles. The van der Waals surface area contributed by atoms with Crippen molar-refractivity contribution < 1.29 is 4.79 Å². The highest BCUT2D eigenvalue weighted by atomic mass is 35.5. The van der Waals surface area contributed by atoms with Crippen LogP contribution in [0, 0.1) is 12.8 Å². The highest BCUT2D eigenvalue weighted by Gasteiger charge is 2.10. The second-order valence-corrected chi connectivity index (χ2v) is 3.69. The number of nitrogens with one attached hydrogen (secondary N) is 2. The van der Waals surface area contributed by atoms with E-state index in [2.05, 4.69) is 15.5 Å². The Morgan fingerprint density at radius 2 is 2.50 bits per heavy atom. The lowest BCUT2D eigenvalue weighted by Gasteiger charge is -2.08. The lowest BCUT2D eigenvalue weighted by molar-refractivity contribution is 0.0948. The van der Waals surface area contributed by atoms with E-state index in [1.54, 1.807) is 0 Å². The lowest BCUT2D eigenvalue weighted by Crippen LogP contribution is -2.29. The Morgan fingerprint density at radius 1 is 1.79 bits per heavy atom. The van der Waals surface area contributed by atoms with Gasteiger partial charge in [0.1, 0.15) is 0 Å². The fraction of sp³-hybridized carbons (Fsp3) is 0.556. The fourth-order valence-corrected chi connectivity index (χ4v) is 1.11. The Hall–Kier alpha value is -1.03. The summed E-state index contributed by atoms with van der Waals surface area (Å²) in [6.45, 7) is 4.38. The second kappa shape index (κ2) is 5.00. The smallest absolute Gasteiger partial charge is 0.254 e. The number of alkyl halides is 1. The molecule has 1 rings (SSSR count). The van der Waals surface area contributed by atoms with E-state index in [4.69, 9.17) is 11.6 Å². The summed E-state index contributed by atoms with van der Waals surface area (Å²) in [6, 6.07) is 0. The normalized spacial score (nSPS) is 12.5. The number of halogens is 1. The van der Waals surface area contributed by atoms with Crippen LogP contribution in [0.1, 0.15) is 23.0 Å². The van der Waals surface area contributed by atoms with Crippen LogP contribution in [0.25, 0.3) is 0 Å². The molecular weight excluding hydrogens is 202 g/mol. The van der Waals surface area contributed by atoms with E-state index in [0.29, 0.717) is 18.0 Å². The van der Waals surface area contributed by atoms with Gasteiger partial charge in [-0.1, -0.05) is 6.92 Å². The van der Waals surface area contributed by atoms with E-state index in [-0.39, 0.29) is 11.8 Å².